The number of alkyl halides is 3. The van der Waals surface area contributed by atoms with E-state index in [1.807, 2.05) is 4.90 Å². The van der Waals surface area contributed by atoms with Crippen LogP contribution in [0.1, 0.15) is 28.8 Å². The molecule has 0 spiro atoms. The number of hydrogen-bond donors (Lipinski definition) is 1. The van der Waals surface area contributed by atoms with Crippen molar-refractivity contribution in [2.24, 2.45) is 0 Å². The second-order valence-corrected chi connectivity index (χ2v) is 5.45. The second-order valence-electron chi connectivity index (χ2n) is 5.45. The lowest BCUT2D eigenvalue weighted by molar-refractivity contribution is -0.137. The summed E-state index contributed by atoms with van der Waals surface area (Å²) in [6.07, 6.45) is -1.19. The molecule has 1 aromatic carbocycles. The van der Waals surface area contributed by atoms with Gasteiger partial charge in [0.15, 0.2) is 0 Å². The van der Waals surface area contributed by atoms with Crippen molar-refractivity contribution < 1.29 is 18.0 Å². The first-order valence-corrected chi connectivity index (χ1v) is 7.50. The summed E-state index contributed by atoms with van der Waals surface area (Å²) >= 11 is 0. The molecule has 5 nitrogen and oxygen atoms in total. The van der Waals surface area contributed by atoms with Crippen molar-refractivity contribution in [2.75, 3.05) is 23.3 Å². The first-order valence-electron chi connectivity index (χ1n) is 7.50. The number of anilines is 2. The van der Waals surface area contributed by atoms with Gasteiger partial charge in [0.05, 0.1) is 11.1 Å². The Balaban J connectivity index is 1.82. The highest BCUT2D eigenvalue weighted by Crippen LogP contribution is 2.32. The highest BCUT2D eigenvalue weighted by molar-refractivity contribution is 6.05. The number of hydrogen-bond acceptors (Lipinski definition) is 4. The molecular formula is C16H15F3N4O. The molecule has 2 aromatic rings. The maximum atomic E-state index is 13.0. The zero-order valence-electron chi connectivity index (χ0n) is 12.7. The SMILES string of the molecule is O=C(Nc1cc(N2CCCC2)ncn1)c1ccccc1C(F)(F)F. The van der Waals surface area contributed by atoms with Gasteiger partial charge in [0.2, 0.25) is 0 Å². The minimum Gasteiger partial charge on any atom is -0.356 e. The molecule has 0 bridgehead atoms. The highest BCUT2D eigenvalue weighted by atomic mass is 19.4. The summed E-state index contributed by atoms with van der Waals surface area (Å²) in [5.74, 6) is -0.0234. The van der Waals surface area contributed by atoms with Crippen molar-refractivity contribution in [2.45, 2.75) is 19.0 Å². The lowest BCUT2D eigenvalue weighted by Gasteiger charge is -2.17. The van der Waals surface area contributed by atoms with Crippen molar-refractivity contribution >= 4 is 17.5 Å². The van der Waals surface area contributed by atoms with Gasteiger partial charge in [-0.05, 0) is 25.0 Å². The van der Waals surface area contributed by atoms with Crippen molar-refractivity contribution in [1.82, 2.24) is 9.97 Å². The number of amides is 1. The number of halogens is 3. The van der Waals surface area contributed by atoms with Gasteiger partial charge >= 0.3 is 6.18 Å². The zero-order chi connectivity index (χ0) is 17.2. The molecule has 1 aromatic heterocycles. The molecule has 0 aliphatic carbocycles. The molecule has 2 heterocycles. The standard InChI is InChI=1S/C16H15F3N4O/c17-16(18,19)12-6-2-1-5-11(12)15(24)22-13-9-14(21-10-20-13)23-7-3-4-8-23/h1-2,5-6,9-10H,3-4,7-8H2,(H,20,21,22,24). The van der Waals surface area contributed by atoms with E-state index in [9.17, 15) is 18.0 Å². The number of benzene rings is 1. The summed E-state index contributed by atoms with van der Waals surface area (Å²) in [7, 11) is 0. The van der Waals surface area contributed by atoms with Gasteiger partial charge in [0, 0.05) is 19.2 Å². The van der Waals surface area contributed by atoms with Gasteiger partial charge in [-0.1, -0.05) is 12.1 Å². The van der Waals surface area contributed by atoms with Gasteiger partial charge in [-0.15, -0.1) is 0 Å². The molecule has 0 unspecified atom stereocenters. The molecule has 3 rings (SSSR count). The molecule has 1 aliphatic heterocycles. The Morgan fingerprint density at radius 3 is 2.54 bits per heavy atom. The predicted molar refractivity (Wildman–Crippen MR) is 82.9 cm³/mol. The van der Waals surface area contributed by atoms with Crippen LogP contribution in [0.25, 0.3) is 0 Å². The summed E-state index contributed by atoms with van der Waals surface area (Å²) in [6, 6.07) is 6.22. The largest absolute Gasteiger partial charge is 0.417 e. The van der Waals surface area contributed by atoms with Crippen molar-refractivity contribution in [1.29, 1.82) is 0 Å². The summed E-state index contributed by atoms with van der Waals surface area (Å²) < 4.78 is 39.0. The van der Waals surface area contributed by atoms with Crippen LogP contribution in [0.2, 0.25) is 0 Å². The lowest BCUT2D eigenvalue weighted by atomic mass is 10.1. The molecule has 1 amide bonds. The number of rotatable bonds is 3. The number of aromatic nitrogens is 2. The number of nitrogens with one attached hydrogen (secondary N) is 1. The average Bonchev–Trinajstić information content (AvgIpc) is 3.09. The van der Waals surface area contributed by atoms with Crippen molar-refractivity contribution in [3.8, 4) is 0 Å². The minimum absolute atomic E-state index is 0.175. The normalized spacial score (nSPS) is 14.7. The molecule has 1 fully saturated rings. The van der Waals surface area contributed by atoms with E-state index in [4.69, 9.17) is 0 Å². The monoisotopic (exact) mass is 336 g/mol. The molecule has 126 valence electrons. The summed E-state index contributed by atoms with van der Waals surface area (Å²) in [6.45, 7) is 1.72. The van der Waals surface area contributed by atoms with Crippen LogP contribution in [0.4, 0.5) is 24.8 Å². The van der Waals surface area contributed by atoms with Crippen LogP contribution in [0.15, 0.2) is 36.7 Å². The molecule has 24 heavy (non-hydrogen) atoms. The first kappa shape index (κ1) is 16.2. The maximum absolute atomic E-state index is 13.0. The Morgan fingerprint density at radius 1 is 1.12 bits per heavy atom. The number of carbonyl (C=O) groups is 1. The molecule has 0 saturated carbocycles. The van der Waals surface area contributed by atoms with Crippen LogP contribution in [-0.2, 0) is 6.18 Å². The van der Waals surface area contributed by atoms with Crippen LogP contribution in [-0.4, -0.2) is 29.0 Å². The van der Waals surface area contributed by atoms with E-state index < -0.39 is 23.2 Å². The number of carbonyl (C=O) groups excluding carboxylic acids is 1. The van der Waals surface area contributed by atoms with E-state index in [1.165, 1.54) is 18.5 Å². The third kappa shape index (κ3) is 3.47. The van der Waals surface area contributed by atoms with Gasteiger partial charge in [0.25, 0.3) is 5.91 Å². The third-order valence-corrected chi connectivity index (χ3v) is 3.80. The topological polar surface area (TPSA) is 58.1 Å². The zero-order valence-corrected chi connectivity index (χ0v) is 12.7. The van der Waals surface area contributed by atoms with Crippen LogP contribution in [0.3, 0.4) is 0 Å². The fourth-order valence-corrected chi connectivity index (χ4v) is 2.65. The van der Waals surface area contributed by atoms with Crippen LogP contribution < -0.4 is 10.2 Å². The Hall–Kier alpha value is -2.64. The van der Waals surface area contributed by atoms with E-state index >= 15 is 0 Å². The molecule has 0 radical (unpaired) electrons. The number of nitrogens with zero attached hydrogens (tertiary/aromatic N) is 3. The van der Waals surface area contributed by atoms with Crippen molar-refractivity contribution in [3.05, 3.63) is 47.8 Å². The van der Waals surface area contributed by atoms with Crippen LogP contribution in [0.5, 0.6) is 0 Å². The van der Waals surface area contributed by atoms with Gasteiger partial charge in [0.1, 0.15) is 18.0 Å². The van der Waals surface area contributed by atoms with Crippen LogP contribution >= 0.6 is 0 Å². The summed E-state index contributed by atoms with van der Waals surface area (Å²) in [5, 5.41) is 2.42. The molecule has 1 saturated heterocycles. The second kappa shape index (κ2) is 6.46. The Kier molecular flexibility index (Phi) is 4.37. The van der Waals surface area contributed by atoms with E-state index in [1.54, 1.807) is 6.07 Å². The third-order valence-electron chi connectivity index (χ3n) is 3.80. The molecule has 0 atom stereocenters. The lowest BCUT2D eigenvalue weighted by Crippen LogP contribution is -2.21. The van der Waals surface area contributed by atoms with Gasteiger partial charge in [-0.25, -0.2) is 9.97 Å². The summed E-state index contributed by atoms with van der Waals surface area (Å²) in [5.41, 5.74) is -1.41. The van der Waals surface area contributed by atoms with Crippen LogP contribution in [0, 0.1) is 0 Å². The minimum atomic E-state index is -4.60. The molecular weight excluding hydrogens is 321 g/mol. The molecule has 1 N–H and O–H groups in total. The molecule has 1 aliphatic rings. The van der Waals surface area contributed by atoms with E-state index in [2.05, 4.69) is 15.3 Å². The van der Waals surface area contributed by atoms with Gasteiger partial charge < -0.3 is 10.2 Å². The fourth-order valence-electron chi connectivity index (χ4n) is 2.65. The van der Waals surface area contributed by atoms with Crippen molar-refractivity contribution in [3.63, 3.8) is 0 Å². The van der Waals surface area contributed by atoms with E-state index in [-0.39, 0.29) is 5.82 Å². The first-order chi connectivity index (χ1) is 11.4. The van der Waals surface area contributed by atoms with E-state index in [0.717, 1.165) is 38.1 Å². The Bertz CT molecular complexity index is 742. The van der Waals surface area contributed by atoms with Gasteiger partial charge in [-0.3, -0.25) is 4.79 Å². The van der Waals surface area contributed by atoms with E-state index in [0.29, 0.717) is 5.82 Å². The van der Waals surface area contributed by atoms with Gasteiger partial charge in [-0.2, -0.15) is 13.2 Å². The summed E-state index contributed by atoms with van der Waals surface area (Å²) in [4.78, 5) is 22.3. The maximum Gasteiger partial charge on any atom is 0.417 e. The molecule has 8 heteroatoms. The quantitative estimate of drug-likeness (QED) is 0.934. The Morgan fingerprint density at radius 2 is 1.83 bits per heavy atom. The highest BCUT2D eigenvalue weighted by Gasteiger charge is 2.34. The Labute approximate surface area is 136 Å². The fraction of sp³-hybridized carbons (Fsp3) is 0.312. The smallest absolute Gasteiger partial charge is 0.356 e. The predicted octanol–water partition coefficient (Wildman–Crippen LogP) is 3.35. The average molecular weight is 336 g/mol.